The molecule has 3 aromatic rings. The Labute approximate surface area is 181 Å². The monoisotopic (exact) mass is 426 g/mol. The summed E-state index contributed by atoms with van der Waals surface area (Å²) in [7, 11) is 0. The predicted molar refractivity (Wildman–Crippen MR) is 121 cm³/mol. The van der Waals surface area contributed by atoms with Crippen molar-refractivity contribution in [2.24, 2.45) is 0 Å². The number of fused-ring (bicyclic) bond motifs is 2. The van der Waals surface area contributed by atoms with Crippen molar-refractivity contribution in [3.05, 3.63) is 69.6 Å². The van der Waals surface area contributed by atoms with Crippen LogP contribution in [0.2, 0.25) is 0 Å². The van der Waals surface area contributed by atoms with E-state index in [1.165, 1.54) is 31.7 Å². The Kier molecular flexibility index (Phi) is 6.56. The van der Waals surface area contributed by atoms with E-state index >= 15 is 0 Å². The van der Waals surface area contributed by atoms with Crippen LogP contribution in [0, 0.1) is 0 Å². The maximum Gasteiger partial charge on any atom is 0.0865 e. The summed E-state index contributed by atoms with van der Waals surface area (Å²) in [6, 6.07) is 15.1. The van der Waals surface area contributed by atoms with Gasteiger partial charge in [0.25, 0.3) is 0 Å². The van der Waals surface area contributed by atoms with E-state index in [4.69, 9.17) is 5.11 Å². The predicted octanol–water partition coefficient (Wildman–Crippen LogP) is 3.55. The molecule has 4 rings (SSSR count). The molecule has 4 nitrogen and oxygen atoms in total. The lowest BCUT2D eigenvalue weighted by Crippen LogP contribution is -2.35. The van der Waals surface area contributed by atoms with Gasteiger partial charge in [-0.1, -0.05) is 37.3 Å². The summed E-state index contributed by atoms with van der Waals surface area (Å²) in [6.07, 6.45) is 1.04. The molecule has 4 N–H and O–H groups in total. The highest BCUT2D eigenvalue weighted by Gasteiger charge is 2.28. The summed E-state index contributed by atoms with van der Waals surface area (Å²) in [4.78, 5) is 1.33. The molecular formula is C25H30O4S. The Balaban J connectivity index is 1.60. The van der Waals surface area contributed by atoms with Gasteiger partial charge >= 0.3 is 0 Å². The summed E-state index contributed by atoms with van der Waals surface area (Å²) in [5.41, 5.74) is 5.13. The zero-order valence-corrected chi connectivity index (χ0v) is 18.1. The van der Waals surface area contributed by atoms with Crippen molar-refractivity contribution >= 4 is 21.4 Å². The van der Waals surface area contributed by atoms with E-state index in [0.29, 0.717) is 0 Å². The highest BCUT2D eigenvalue weighted by Crippen LogP contribution is 2.35. The van der Waals surface area contributed by atoms with Crippen molar-refractivity contribution in [3.63, 3.8) is 0 Å². The van der Waals surface area contributed by atoms with Gasteiger partial charge in [-0.2, -0.15) is 0 Å². The molecule has 4 atom stereocenters. The van der Waals surface area contributed by atoms with Crippen molar-refractivity contribution in [3.8, 4) is 0 Å². The van der Waals surface area contributed by atoms with Gasteiger partial charge in [-0.25, -0.2) is 0 Å². The quantitative estimate of drug-likeness (QED) is 0.444. The van der Waals surface area contributed by atoms with Crippen LogP contribution in [0.25, 0.3) is 10.1 Å². The van der Waals surface area contributed by atoms with Crippen LogP contribution in [0.15, 0.2) is 42.5 Å². The van der Waals surface area contributed by atoms with Crippen LogP contribution in [0.5, 0.6) is 0 Å². The molecule has 1 aliphatic carbocycles. The molecule has 1 aromatic heterocycles. The molecule has 4 unspecified atom stereocenters. The van der Waals surface area contributed by atoms with Gasteiger partial charge in [0.1, 0.15) is 0 Å². The van der Waals surface area contributed by atoms with Gasteiger partial charge in [0.05, 0.1) is 24.9 Å². The first-order valence-corrected chi connectivity index (χ1v) is 11.5. The number of aliphatic hydroxyl groups is 4. The third kappa shape index (κ3) is 4.46. The number of hydrogen-bond acceptors (Lipinski definition) is 5. The van der Waals surface area contributed by atoms with Crippen molar-refractivity contribution in [1.29, 1.82) is 0 Å². The number of benzene rings is 2. The van der Waals surface area contributed by atoms with E-state index in [1.807, 2.05) is 18.3 Å². The standard InChI is InChI=1S/C25H30O4S/c1-15(25(29)23(28)13-20(27)14-26)18-9-16-6-4-7-22(16)19(10-18)12-21-11-17-5-2-3-8-24(17)30-21/h2-3,5,8-11,15,20,23,25-29H,4,6-7,12-14H2,1H3. The number of aliphatic hydroxyl groups excluding tert-OH is 4. The summed E-state index contributed by atoms with van der Waals surface area (Å²) in [6.45, 7) is 1.50. The SMILES string of the molecule is CC(c1cc2c(c(Cc3cc4ccccc4s3)c1)CCC2)C(O)C(O)CC(O)CO. The van der Waals surface area contributed by atoms with Crippen LogP contribution < -0.4 is 0 Å². The van der Waals surface area contributed by atoms with Crippen LogP contribution >= 0.6 is 11.3 Å². The summed E-state index contributed by atoms with van der Waals surface area (Å²) < 4.78 is 1.30. The van der Waals surface area contributed by atoms with E-state index in [0.717, 1.165) is 31.2 Å². The van der Waals surface area contributed by atoms with Crippen LogP contribution in [0.4, 0.5) is 0 Å². The fourth-order valence-corrected chi connectivity index (χ4v) is 5.67. The highest BCUT2D eigenvalue weighted by molar-refractivity contribution is 7.19. The van der Waals surface area contributed by atoms with E-state index < -0.39 is 24.9 Å². The van der Waals surface area contributed by atoms with E-state index in [1.54, 1.807) is 0 Å². The third-order valence-corrected chi connectivity index (χ3v) is 7.44. The minimum absolute atomic E-state index is 0.0401. The molecule has 0 spiro atoms. The molecule has 2 aromatic carbocycles. The van der Waals surface area contributed by atoms with Gasteiger partial charge in [-0.05, 0) is 59.0 Å². The Morgan fingerprint density at radius 2 is 1.83 bits per heavy atom. The molecule has 0 bridgehead atoms. The molecule has 1 aliphatic rings. The number of aryl methyl sites for hydroxylation is 1. The fraction of sp³-hybridized carbons (Fsp3) is 0.440. The second-order valence-corrected chi connectivity index (χ2v) is 9.69. The van der Waals surface area contributed by atoms with E-state index in [9.17, 15) is 15.3 Å². The average molecular weight is 427 g/mol. The van der Waals surface area contributed by atoms with Crippen LogP contribution in [-0.4, -0.2) is 45.3 Å². The van der Waals surface area contributed by atoms with Gasteiger partial charge in [0.15, 0.2) is 0 Å². The van der Waals surface area contributed by atoms with Crippen molar-refractivity contribution in [1.82, 2.24) is 0 Å². The first-order chi connectivity index (χ1) is 14.5. The molecule has 0 saturated carbocycles. The minimum Gasteiger partial charge on any atom is -0.394 e. The molecule has 0 fully saturated rings. The van der Waals surface area contributed by atoms with Gasteiger partial charge in [-0.3, -0.25) is 0 Å². The Bertz CT molecular complexity index is 979. The van der Waals surface area contributed by atoms with Crippen LogP contribution in [0.3, 0.4) is 0 Å². The minimum atomic E-state index is -1.08. The molecule has 160 valence electrons. The molecule has 0 radical (unpaired) electrons. The van der Waals surface area contributed by atoms with Gasteiger partial charge < -0.3 is 20.4 Å². The van der Waals surface area contributed by atoms with Crippen molar-refractivity contribution < 1.29 is 20.4 Å². The molecular weight excluding hydrogens is 396 g/mol. The van der Waals surface area contributed by atoms with Gasteiger partial charge in [-0.15, -0.1) is 11.3 Å². The fourth-order valence-electron chi connectivity index (χ4n) is 4.58. The van der Waals surface area contributed by atoms with Crippen molar-refractivity contribution in [2.45, 2.75) is 63.3 Å². The first kappa shape index (κ1) is 21.5. The van der Waals surface area contributed by atoms with Crippen LogP contribution in [-0.2, 0) is 19.3 Å². The summed E-state index contributed by atoms with van der Waals surface area (Å²) in [5, 5.41) is 40.9. The molecule has 0 saturated heterocycles. The summed E-state index contributed by atoms with van der Waals surface area (Å²) >= 11 is 1.83. The largest absolute Gasteiger partial charge is 0.394 e. The second kappa shape index (κ2) is 9.16. The van der Waals surface area contributed by atoms with E-state index in [-0.39, 0.29) is 12.3 Å². The van der Waals surface area contributed by atoms with Gasteiger partial charge in [0.2, 0.25) is 0 Å². The maximum absolute atomic E-state index is 10.7. The van der Waals surface area contributed by atoms with Crippen LogP contribution in [0.1, 0.15) is 52.8 Å². The zero-order valence-electron chi connectivity index (χ0n) is 17.3. The topological polar surface area (TPSA) is 80.9 Å². The highest BCUT2D eigenvalue weighted by atomic mass is 32.1. The third-order valence-electron chi connectivity index (χ3n) is 6.33. The number of rotatable bonds is 8. The molecule has 30 heavy (non-hydrogen) atoms. The smallest absolute Gasteiger partial charge is 0.0865 e. The normalized spacial score (nSPS) is 17.6. The Hall–Kier alpha value is -1.76. The number of hydrogen-bond donors (Lipinski definition) is 4. The lowest BCUT2D eigenvalue weighted by Gasteiger charge is -2.26. The van der Waals surface area contributed by atoms with Crippen molar-refractivity contribution in [2.75, 3.05) is 6.61 Å². The lowest BCUT2D eigenvalue weighted by atomic mass is 9.86. The molecule has 0 aliphatic heterocycles. The second-order valence-electron chi connectivity index (χ2n) is 8.52. The number of thiophene rings is 1. The molecule has 5 heteroatoms. The maximum atomic E-state index is 10.7. The first-order valence-electron chi connectivity index (χ1n) is 10.7. The molecule has 0 amide bonds. The summed E-state index contributed by atoms with van der Waals surface area (Å²) in [5.74, 6) is -0.266. The zero-order chi connectivity index (χ0) is 21.3. The van der Waals surface area contributed by atoms with Gasteiger partial charge in [0, 0.05) is 28.3 Å². The Morgan fingerprint density at radius 1 is 1.03 bits per heavy atom. The lowest BCUT2D eigenvalue weighted by molar-refractivity contribution is -0.0318. The van der Waals surface area contributed by atoms with E-state index in [2.05, 4.69) is 42.5 Å². The average Bonchev–Trinajstić information content (AvgIpc) is 3.38. The molecule has 1 heterocycles. The Morgan fingerprint density at radius 3 is 2.60 bits per heavy atom.